The Kier molecular flexibility index (Phi) is 5.41. The maximum absolute atomic E-state index is 13.7. The zero-order valence-corrected chi connectivity index (χ0v) is 12.7. The van der Waals surface area contributed by atoms with E-state index in [1.54, 1.807) is 24.3 Å². The molecule has 0 heterocycles. The predicted molar refractivity (Wildman–Crippen MR) is 83.1 cm³/mol. The van der Waals surface area contributed by atoms with Crippen molar-refractivity contribution in [2.24, 2.45) is 0 Å². The van der Waals surface area contributed by atoms with E-state index in [1.807, 2.05) is 19.2 Å². The largest absolute Gasteiger partial charge is 0.316 e. The molecule has 0 spiro atoms. The van der Waals surface area contributed by atoms with Crippen LogP contribution in [0.15, 0.2) is 42.5 Å². The lowest BCUT2D eigenvalue weighted by molar-refractivity contribution is 0.532. The van der Waals surface area contributed by atoms with E-state index >= 15 is 0 Å². The van der Waals surface area contributed by atoms with Crippen molar-refractivity contribution < 1.29 is 4.39 Å². The smallest absolute Gasteiger partial charge is 0.126 e. The molecular weight excluding hydrogens is 296 g/mol. The lowest BCUT2D eigenvalue weighted by atomic mass is 9.99. The van der Waals surface area contributed by atoms with Gasteiger partial charge in [0.25, 0.3) is 0 Å². The van der Waals surface area contributed by atoms with Crippen LogP contribution >= 0.6 is 23.2 Å². The highest BCUT2D eigenvalue weighted by atomic mass is 35.5. The van der Waals surface area contributed by atoms with Gasteiger partial charge >= 0.3 is 0 Å². The molecule has 0 aromatic heterocycles. The van der Waals surface area contributed by atoms with E-state index in [-0.39, 0.29) is 11.9 Å². The topological polar surface area (TPSA) is 12.0 Å². The van der Waals surface area contributed by atoms with E-state index < -0.39 is 0 Å². The van der Waals surface area contributed by atoms with Crippen LogP contribution in [-0.2, 0) is 12.8 Å². The molecule has 106 valence electrons. The summed E-state index contributed by atoms with van der Waals surface area (Å²) in [7, 11) is 1.87. The number of benzene rings is 2. The summed E-state index contributed by atoms with van der Waals surface area (Å²) in [5, 5.41) is 4.55. The van der Waals surface area contributed by atoms with Crippen LogP contribution in [0.1, 0.15) is 11.1 Å². The number of rotatable bonds is 5. The molecule has 4 heteroatoms. The highest BCUT2D eigenvalue weighted by molar-refractivity contribution is 6.33. The molecule has 2 rings (SSSR count). The fourth-order valence-electron chi connectivity index (χ4n) is 2.17. The third kappa shape index (κ3) is 3.95. The van der Waals surface area contributed by atoms with Gasteiger partial charge in [0.15, 0.2) is 0 Å². The maximum Gasteiger partial charge on any atom is 0.126 e. The average molecular weight is 312 g/mol. The first-order valence-corrected chi connectivity index (χ1v) is 7.20. The van der Waals surface area contributed by atoms with Crippen LogP contribution in [0.4, 0.5) is 4.39 Å². The number of nitrogens with one attached hydrogen (secondary N) is 1. The van der Waals surface area contributed by atoms with Gasteiger partial charge in [-0.1, -0.05) is 41.4 Å². The Labute approximate surface area is 128 Å². The standard InChI is InChI=1S/C16H16Cl2FN/c1-20-14(9-11-4-2-3-5-16(11)19)10-12-8-13(17)6-7-15(12)18/h2-8,14,20H,9-10H2,1H3. The molecule has 0 fully saturated rings. The van der Waals surface area contributed by atoms with Crippen LogP contribution in [-0.4, -0.2) is 13.1 Å². The van der Waals surface area contributed by atoms with E-state index in [4.69, 9.17) is 23.2 Å². The van der Waals surface area contributed by atoms with E-state index in [1.165, 1.54) is 6.07 Å². The lowest BCUT2D eigenvalue weighted by Crippen LogP contribution is -2.30. The second kappa shape index (κ2) is 7.07. The van der Waals surface area contributed by atoms with Crippen molar-refractivity contribution in [3.63, 3.8) is 0 Å². The van der Waals surface area contributed by atoms with Gasteiger partial charge in [-0.05, 0) is 55.3 Å². The van der Waals surface area contributed by atoms with Crippen molar-refractivity contribution in [3.05, 3.63) is 69.5 Å². The Balaban J connectivity index is 2.13. The summed E-state index contributed by atoms with van der Waals surface area (Å²) in [5.74, 6) is -0.176. The van der Waals surface area contributed by atoms with Gasteiger partial charge in [0, 0.05) is 16.1 Å². The van der Waals surface area contributed by atoms with Crippen LogP contribution in [0.3, 0.4) is 0 Å². The van der Waals surface area contributed by atoms with Gasteiger partial charge in [0.05, 0.1) is 0 Å². The Morgan fingerprint density at radius 2 is 1.75 bits per heavy atom. The second-order valence-corrected chi connectivity index (χ2v) is 5.56. The third-order valence-electron chi connectivity index (χ3n) is 3.31. The summed E-state index contributed by atoms with van der Waals surface area (Å²) in [6, 6.07) is 12.3. The summed E-state index contributed by atoms with van der Waals surface area (Å²) in [5.41, 5.74) is 1.67. The summed E-state index contributed by atoms with van der Waals surface area (Å²) < 4.78 is 13.7. The summed E-state index contributed by atoms with van der Waals surface area (Å²) in [4.78, 5) is 0. The van der Waals surface area contributed by atoms with Gasteiger partial charge in [-0.15, -0.1) is 0 Å². The van der Waals surface area contributed by atoms with Crippen molar-refractivity contribution in [1.29, 1.82) is 0 Å². The third-order valence-corrected chi connectivity index (χ3v) is 3.91. The molecule has 0 radical (unpaired) electrons. The number of hydrogen-bond acceptors (Lipinski definition) is 1. The van der Waals surface area contributed by atoms with E-state index in [2.05, 4.69) is 5.32 Å². The number of likely N-dealkylation sites (N-methyl/N-ethyl adjacent to an activating group) is 1. The SMILES string of the molecule is CNC(Cc1ccccc1F)Cc1cc(Cl)ccc1Cl. The monoisotopic (exact) mass is 311 g/mol. The second-order valence-electron chi connectivity index (χ2n) is 4.72. The summed E-state index contributed by atoms with van der Waals surface area (Å²) >= 11 is 12.2. The molecule has 0 aliphatic heterocycles. The molecule has 0 amide bonds. The van der Waals surface area contributed by atoms with E-state index in [0.717, 1.165) is 5.56 Å². The summed E-state index contributed by atoms with van der Waals surface area (Å²) in [6.45, 7) is 0. The Hall–Kier alpha value is -1.09. The Morgan fingerprint density at radius 1 is 1.05 bits per heavy atom. The lowest BCUT2D eigenvalue weighted by Gasteiger charge is -2.17. The molecule has 0 saturated heterocycles. The normalized spacial score (nSPS) is 12.4. The zero-order valence-electron chi connectivity index (χ0n) is 11.2. The van der Waals surface area contributed by atoms with Crippen molar-refractivity contribution in [2.45, 2.75) is 18.9 Å². The molecule has 0 saturated carbocycles. The van der Waals surface area contributed by atoms with Crippen molar-refractivity contribution >= 4 is 23.2 Å². The van der Waals surface area contributed by atoms with Crippen LogP contribution in [0.5, 0.6) is 0 Å². The van der Waals surface area contributed by atoms with E-state index in [0.29, 0.717) is 28.5 Å². The molecule has 1 nitrogen and oxygen atoms in total. The molecule has 0 aliphatic carbocycles. The van der Waals surface area contributed by atoms with Crippen molar-refractivity contribution in [2.75, 3.05) is 7.05 Å². The molecular formula is C16H16Cl2FN. The van der Waals surface area contributed by atoms with Crippen molar-refractivity contribution in [3.8, 4) is 0 Å². The zero-order chi connectivity index (χ0) is 14.5. The van der Waals surface area contributed by atoms with Gasteiger partial charge < -0.3 is 5.32 Å². The number of hydrogen-bond donors (Lipinski definition) is 1. The first-order chi connectivity index (χ1) is 9.60. The highest BCUT2D eigenvalue weighted by Crippen LogP contribution is 2.23. The molecule has 2 aromatic rings. The van der Waals surface area contributed by atoms with Crippen LogP contribution < -0.4 is 5.32 Å². The molecule has 0 aliphatic rings. The Bertz CT molecular complexity index is 586. The predicted octanol–water partition coefficient (Wildman–Crippen LogP) is 4.51. The maximum atomic E-state index is 13.7. The molecule has 1 atom stereocenters. The van der Waals surface area contributed by atoms with Crippen LogP contribution in [0.2, 0.25) is 10.0 Å². The molecule has 0 bridgehead atoms. The molecule has 1 N–H and O–H groups in total. The summed E-state index contributed by atoms with van der Waals surface area (Å²) in [6.07, 6.45) is 1.30. The van der Waals surface area contributed by atoms with Gasteiger partial charge in [0.2, 0.25) is 0 Å². The van der Waals surface area contributed by atoms with Crippen LogP contribution in [0.25, 0.3) is 0 Å². The highest BCUT2D eigenvalue weighted by Gasteiger charge is 2.13. The molecule has 1 unspecified atom stereocenters. The van der Waals surface area contributed by atoms with E-state index in [9.17, 15) is 4.39 Å². The van der Waals surface area contributed by atoms with Gasteiger partial charge in [-0.2, -0.15) is 0 Å². The fraction of sp³-hybridized carbons (Fsp3) is 0.250. The van der Waals surface area contributed by atoms with Crippen LogP contribution in [0, 0.1) is 5.82 Å². The molecule has 2 aromatic carbocycles. The minimum Gasteiger partial charge on any atom is -0.316 e. The number of halogens is 3. The average Bonchev–Trinajstić information content (AvgIpc) is 2.44. The van der Waals surface area contributed by atoms with Gasteiger partial charge in [0.1, 0.15) is 5.82 Å². The molecule has 20 heavy (non-hydrogen) atoms. The Morgan fingerprint density at radius 3 is 2.45 bits per heavy atom. The first-order valence-electron chi connectivity index (χ1n) is 6.44. The fourth-order valence-corrected chi connectivity index (χ4v) is 2.56. The quantitative estimate of drug-likeness (QED) is 0.857. The van der Waals surface area contributed by atoms with Gasteiger partial charge in [-0.3, -0.25) is 0 Å². The minimum absolute atomic E-state index is 0.0999. The van der Waals surface area contributed by atoms with Gasteiger partial charge in [-0.25, -0.2) is 4.39 Å². The first kappa shape index (κ1) is 15.3. The minimum atomic E-state index is -0.176. The van der Waals surface area contributed by atoms with Crippen molar-refractivity contribution in [1.82, 2.24) is 5.32 Å².